The van der Waals surface area contributed by atoms with Crippen molar-refractivity contribution >= 4 is 0 Å². The lowest BCUT2D eigenvalue weighted by molar-refractivity contribution is 0.245. The lowest BCUT2D eigenvalue weighted by Gasteiger charge is -2.29. The highest BCUT2D eigenvalue weighted by Gasteiger charge is 2.23. The van der Waals surface area contributed by atoms with Crippen LogP contribution in [-0.4, -0.2) is 6.61 Å². The molecule has 0 bridgehead atoms. The maximum Gasteiger partial charge on any atom is 0.127 e. The maximum absolute atomic E-state index is 13.8. The van der Waals surface area contributed by atoms with Crippen LogP contribution in [-0.2, 0) is 0 Å². The van der Waals surface area contributed by atoms with Gasteiger partial charge in [-0.2, -0.15) is 0 Å². The molecule has 2 nitrogen and oxygen atoms in total. The first-order valence-electron chi connectivity index (χ1n) is 6.98. The predicted molar refractivity (Wildman–Crippen MR) is 77.2 cm³/mol. The van der Waals surface area contributed by atoms with Crippen LogP contribution in [0.5, 0.6) is 5.75 Å². The molecule has 0 saturated carbocycles. The molecule has 3 heteroatoms. The zero-order valence-corrected chi connectivity index (χ0v) is 11.5. The van der Waals surface area contributed by atoms with Gasteiger partial charge in [0.15, 0.2) is 0 Å². The first-order valence-corrected chi connectivity index (χ1v) is 6.98. The Morgan fingerprint density at radius 1 is 1.15 bits per heavy atom. The van der Waals surface area contributed by atoms with Gasteiger partial charge in [0.2, 0.25) is 0 Å². The van der Waals surface area contributed by atoms with Gasteiger partial charge in [0.25, 0.3) is 0 Å². The highest BCUT2D eigenvalue weighted by Crippen LogP contribution is 2.33. The molecular formula is C17H18FNO. The van der Waals surface area contributed by atoms with Gasteiger partial charge in [0, 0.05) is 29.6 Å². The van der Waals surface area contributed by atoms with E-state index in [0.29, 0.717) is 12.2 Å². The number of halogens is 1. The van der Waals surface area contributed by atoms with Crippen LogP contribution in [0.15, 0.2) is 48.5 Å². The van der Waals surface area contributed by atoms with E-state index in [0.717, 1.165) is 17.7 Å². The average Bonchev–Trinajstić information content (AvgIpc) is 2.48. The number of rotatable bonds is 3. The second-order valence-corrected chi connectivity index (χ2v) is 5.14. The molecule has 0 aromatic heterocycles. The van der Waals surface area contributed by atoms with Gasteiger partial charge in [-0.25, -0.2) is 4.39 Å². The number of benzene rings is 2. The summed E-state index contributed by atoms with van der Waals surface area (Å²) in [4.78, 5) is 0. The third-order valence-electron chi connectivity index (χ3n) is 3.78. The van der Waals surface area contributed by atoms with Crippen LogP contribution in [0.4, 0.5) is 4.39 Å². The largest absolute Gasteiger partial charge is 0.493 e. The van der Waals surface area contributed by atoms with Gasteiger partial charge in [-0.3, -0.25) is 0 Å². The molecule has 1 unspecified atom stereocenters. The van der Waals surface area contributed by atoms with E-state index in [2.05, 4.69) is 11.4 Å². The standard InChI is InChI=1S/C17H18FNO/c1-12(13-6-2-4-8-15(13)18)19-16-10-11-20-17-9-5-3-7-14(16)17/h2-9,12,16,19H,10-11H2,1H3/t12-,16?/m1/s1. The molecule has 2 atom stereocenters. The molecule has 3 rings (SSSR count). The minimum absolute atomic E-state index is 0.0349. The molecule has 104 valence electrons. The normalized spacial score (nSPS) is 19.0. The number of hydrogen-bond donors (Lipinski definition) is 1. The van der Waals surface area contributed by atoms with Gasteiger partial charge in [-0.1, -0.05) is 36.4 Å². The second-order valence-electron chi connectivity index (χ2n) is 5.14. The van der Waals surface area contributed by atoms with Crippen molar-refractivity contribution in [2.45, 2.75) is 25.4 Å². The van der Waals surface area contributed by atoms with Crippen molar-refractivity contribution in [1.82, 2.24) is 5.32 Å². The van der Waals surface area contributed by atoms with Crippen molar-refractivity contribution in [1.29, 1.82) is 0 Å². The van der Waals surface area contributed by atoms with E-state index in [1.165, 1.54) is 6.07 Å². The summed E-state index contributed by atoms with van der Waals surface area (Å²) in [6, 6.07) is 15.1. The monoisotopic (exact) mass is 271 g/mol. The quantitative estimate of drug-likeness (QED) is 0.911. The Balaban J connectivity index is 1.81. The predicted octanol–water partition coefficient (Wildman–Crippen LogP) is 4.00. The third-order valence-corrected chi connectivity index (χ3v) is 3.78. The molecule has 20 heavy (non-hydrogen) atoms. The number of para-hydroxylation sites is 1. The van der Waals surface area contributed by atoms with E-state index in [-0.39, 0.29) is 17.9 Å². The zero-order valence-electron chi connectivity index (χ0n) is 11.5. The van der Waals surface area contributed by atoms with E-state index < -0.39 is 0 Å². The van der Waals surface area contributed by atoms with Crippen LogP contribution in [0.2, 0.25) is 0 Å². The van der Waals surface area contributed by atoms with Crippen molar-refractivity contribution < 1.29 is 9.13 Å². The summed E-state index contributed by atoms with van der Waals surface area (Å²) in [6.45, 7) is 2.69. The van der Waals surface area contributed by atoms with Gasteiger partial charge in [-0.15, -0.1) is 0 Å². The molecule has 2 aromatic rings. The summed E-state index contributed by atoms with van der Waals surface area (Å²) in [6.07, 6.45) is 0.899. The lowest BCUT2D eigenvalue weighted by Crippen LogP contribution is -2.29. The van der Waals surface area contributed by atoms with Crippen molar-refractivity contribution in [2.75, 3.05) is 6.61 Å². The van der Waals surface area contributed by atoms with E-state index in [9.17, 15) is 4.39 Å². The lowest BCUT2D eigenvalue weighted by atomic mass is 9.98. The molecule has 0 spiro atoms. The molecule has 1 N–H and O–H groups in total. The molecule has 0 radical (unpaired) electrons. The summed E-state index contributed by atoms with van der Waals surface area (Å²) < 4.78 is 19.5. The fourth-order valence-corrected chi connectivity index (χ4v) is 2.73. The molecule has 1 aliphatic rings. The Morgan fingerprint density at radius 2 is 1.90 bits per heavy atom. The number of ether oxygens (including phenoxy) is 1. The highest BCUT2D eigenvalue weighted by molar-refractivity contribution is 5.37. The SMILES string of the molecule is C[C@@H](NC1CCOc2ccccc21)c1ccccc1F. The summed E-state index contributed by atoms with van der Waals surface area (Å²) in [5.74, 6) is 0.768. The molecule has 2 aromatic carbocycles. The summed E-state index contributed by atoms with van der Waals surface area (Å²) in [5.41, 5.74) is 1.86. The van der Waals surface area contributed by atoms with Gasteiger partial charge in [-0.05, 0) is 19.1 Å². The third kappa shape index (κ3) is 2.54. The number of hydrogen-bond acceptors (Lipinski definition) is 2. The Morgan fingerprint density at radius 3 is 2.75 bits per heavy atom. The van der Waals surface area contributed by atoms with E-state index in [1.54, 1.807) is 6.07 Å². The molecule has 1 heterocycles. The zero-order chi connectivity index (χ0) is 13.9. The average molecular weight is 271 g/mol. The van der Waals surface area contributed by atoms with Crippen LogP contribution < -0.4 is 10.1 Å². The molecule has 0 fully saturated rings. The van der Waals surface area contributed by atoms with E-state index in [1.807, 2.05) is 37.3 Å². The van der Waals surface area contributed by atoms with E-state index in [4.69, 9.17) is 4.74 Å². The molecule has 1 aliphatic heterocycles. The van der Waals surface area contributed by atoms with Crippen LogP contribution in [0.1, 0.15) is 36.6 Å². The minimum atomic E-state index is -0.159. The Hall–Kier alpha value is -1.87. The maximum atomic E-state index is 13.8. The molecular weight excluding hydrogens is 253 g/mol. The van der Waals surface area contributed by atoms with Crippen molar-refractivity contribution in [2.24, 2.45) is 0 Å². The smallest absolute Gasteiger partial charge is 0.127 e. The van der Waals surface area contributed by atoms with E-state index >= 15 is 0 Å². The summed E-state index contributed by atoms with van der Waals surface area (Å²) >= 11 is 0. The van der Waals surface area contributed by atoms with Gasteiger partial charge < -0.3 is 10.1 Å². The topological polar surface area (TPSA) is 21.3 Å². The van der Waals surface area contributed by atoms with Crippen LogP contribution in [0.25, 0.3) is 0 Å². The Labute approximate surface area is 118 Å². The van der Waals surface area contributed by atoms with Crippen molar-refractivity contribution in [3.05, 3.63) is 65.5 Å². The molecule has 0 saturated heterocycles. The van der Waals surface area contributed by atoms with Crippen molar-refractivity contribution in [3.8, 4) is 5.75 Å². The van der Waals surface area contributed by atoms with Crippen LogP contribution >= 0.6 is 0 Å². The fraction of sp³-hybridized carbons (Fsp3) is 0.294. The first-order chi connectivity index (χ1) is 9.75. The molecule has 0 aliphatic carbocycles. The minimum Gasteiger partial charge on any atom is -0.493 e. The van der Waals surface area contributed by atoms with Crippen LogP contribution in [0.3, 0.4) is 0 Å². The summed E-state index contributed by atoms with van der Waals surface area (Å²) in [5, 5.41) is 3.51. The second kappa shape index (κ2) is 5.63. The number of fused-ring (bicyclic) bond motifs is 1. The molecule has 0 amide bonds. The first kappa shape index (κ1) is 13.1. The fourth-order valence-electron chi connectivity index (χ4n) is 2.73. The Bertz CT molecular complexity index is 599. The number of nitrogens with one attached hydrogen (secondary N) is 1. The van der Waals surface area contributed by atoms with Gasteiger partial charge in [0.1, 0.15) is 11.6 Å². The van der Waals surface area contributed by atoms with Crippen LogP contribution in [0, 0.1) is 5.82 Å². The van der Waals surface area contributed by atoms with Gasteiger partial charge >= 0.3 is 0 Å². The van der Waals surface area contributed by atoms with Gasteiger partial charge in [0.05, 0.1) is 6.61 Å². The summed E-state index contributed by atoms with van der Waals surface area (Å²) in [7, 11) is 0. The highest BCUT2D eigenvalue weighted by atomic mass is 19.1. The Kier molecular flexibility index (Phi) is 3.70. The van der Waals surface area contributed by atoms with Crippen molar-refractivity contribution in [3.63, 3.8) is 0 Å².